The Bertz CT molecular complexity index is 615. The van der Waals surface area contributed by atoms with Crippen LogP contribution in [0.4, 0.5) is 5.69 Å². The number of rotatable bonds is 6. The quantitative estimate of drug-likeness (QED) is 0.418. The number of aliphatic imine (C=N–C) groups is 1. The van der Waals surface area contributed by atoms with Gasteiger partial charge in [-0.3, -0.25) is 4.99 Å². The van der Waals surface area contributed by atoms with E-state index in [0.717, 1.165) is 28.4 Å². The van der Waals surface area contributed by atoms with Crippen LogP contribution >= 0.6 is 35.3 Å². The molecular formula is C15H21IN4OS. The van der Waals surface area contributed by atoms with Gasteiger partial charge in [0.15, 0.2) is 5.96 Å². The van der Waals surface area contributed by atoms with Crippen molar-refractivity contribution >= 4 is 47.0 Å². The van der Waals surface area contributed by atoms with Crippen LogP contribution in [-0.4, -0.2) is 24.6 Å². The van der Waals surface area contributed by atoms with Crippen molar-refractivity contribution < 1.29 is 4.74 Å². The molecule has 0 radical (unpaired) electrons. The van der Waals surface area contributed by atoms with Crippen molar-refractivity contribution in [2.75, 3.05) is 19.0 Å². The molecule has 1 heterocycles. The van der Waals surface area contributed by atoms with E-state index in [1.54, 1.807) is 18.4 Å². The molecule has 0 fully saturated rings. The lowest BCUT2D eigenvalue weighted by Gasteiger charge is -2.10. The summed E-state index contributed by atoms with van der Waals surface area (Å²) >= 11 is 1.65. The van der Waals surface area contributed by atoms with E-state index in [2.05, 4.69) is 20.7 Å². The zero-order valence-corrected chi connectivity index (χ0v) is 15.9. The molecule has 22 heavy (non-hydrogen) atoms. The molecule has 0 saturated heterocycles. The van der Waals surface area contributed by atoms with Crippen molar-refractivity contribution in [2.45, 2.75) is 20.0 Å². The first-order valence-corrected chi connectivity index (χ1v) is 7.62. The lowest BCUT2D eigenvalue weighted by Crippen LogP contribution is -2.23. The molecule has 0 aliphatic carbocycles. The lowest BCUT2D eigenvalue weighted by atomic mass is 10.2. The van der Waals surface area contributed by atoms with Crippen molar-refractivity contribution in [1.82, 2.24) is 4.98 Å². The maximum Gasteiger partial charge on any atom is 0.193 e. The Labute approximate surface area is 152 Å². The number of anilines is 1. The van der Waals surface area contributed by atoms with Crippen molar-refractivity contribution in [3.8, 4) is 0 Å². The number of methoxy groups -OCH3 is 1. The van der Waals surface area contributed by atoms with Crippen LogP contribution in [0.2, 0.25) is 0 Å². The molecule has 0 aliphatic rings. The third-order valence-electron chi connectivity index (χ3n) is 2.90. The van der Waals surface area contributed by atoms with E-state index in [4.69, 9.17) is 10.5 Å². The minimum atomic E-state index is 0. The fourth-order valence-electron chi connectivity index (χ4n) is 1.92. The molecule has 0 saturated carbocycles. The number of hydrogen-bond donors (Lipinski definition) is 2. The first-order chi connectivity index (χ1) is 10.2. The predicted molar refractivity (Wildman–Crippen MR) is 103 cm³/mol. The highest BCUT2D eigenvalue weighted by Gasteiger charge is 2.02. The number of guanidine groups is 1. The number of aryl methyl sites for hydroxylation is 1. The minimum absolute atomic E-state index is 0. The first kappa shape index (κ1) is 18.9. The van der Waals surface area contributed by atoms with E-state index >= 15 is 0 Å². The van der Waals surface area contributed by atoms with Gasteiger partial charge >= 0.3 is 0 Å². The minimum Gasteiger partial charge on any atom is -0.380 e. The Morgan fingerprint density at radius 1 is 1.41 bits per heavy atom. The summed E-state index contributed by atoms with van der Waals surface area (Å²) in [6.45, 7) is 3.16. The summed E-state index contributed by atoms with van der Waals surface area (Å²) in [6.07, 6.45) is 0.798. The molecule has 0 spiro atoms. The van der Waals surface area contributed by atoms with Gasteiger partial charge in [-0.2, -0.15) is 0 Å². The largest absolute Gasteiger partial charge is 0.380 e. The van der Waals surface area contributed by atoms with E-state index in [0.29, 0.717) is 19.1 Å². The van der Waals surface area contributed by atoms with E-state index in [1.165, 1.54) is 0 Å². The number of nitrogens with two attached hydrogens (primary N) is 1. The van der Waals surface area contributed by atoms with Crippen LogP contribution in [0.3, 0.4) is 0 Å². The van der Waals surface area contributed by atoms with Gasteiger partial charge in [-0.1, -0.05) is 18.2 Å². The third kappa shape index (κ3) is 5.90. The molecule has 120 valence electrons. The molecule has 1 aromatic carbocycles. The molecule has 0 unspecified atom stereocenters. The fourth-order valence-corrected chi connectivity index (χ4v) is 2.56. The summed E-state index contributed by atoms with van der Waals surface area (Å²) < 4.78 is 5.16. The number of nitrogens with one attached hydrogen (secondary N) is 1. The Balaban J connectivity index is 0.00000242. The monoisotopic (exact) mass is 432 g/mol. The Kier molecular flexibility index (Phi) is 8.36. The molecule has 7 heteroatoms. The Morgan fingerprint density at radius 3 is 2.86 bits per heavy atom. The van der Waals surface area contributed by atoms with Crippen molar-refractivity contribution in [1.29, 1.82) is 0 Å². The predicted octanol–water partition coefficient (Wildman–Crippen LogP) is 3.19. The second kappa shape index (κ2) is 9.75. The van der Waals surface area contributed by atoms with Crippen molar-refractivity contribution in [3.05, 3.63) is 45.9 Å². The van der Waals surface area contributed by atoms with Crippen LogP contribution in [0.25, 0.3) is 0 Å². The summed E-state index contributed by atoms with van der Waals surface area (Å²) in [7, 11) is 1.67. The van der Waals surface area contributed by atoms with Gasteiger partial charge in [-0.15, -0.1) is 35.3 Å². The molecule has 0 bridgehead atoms. The van der Waals surface area contributed by atoms with E-state index < -0.39 is 0 Å². The van der Waals surface area contributed by atoms with Gasteiger partial charge in [-0.05, 0) is 13.0 Å². The van der Waals surface area contributed by atoms with Crippen molar-refractivity contribution in [3.63, 3.8) is 0 Å². The number of ether oxygens (including phenoxy) is 1. The fraction of sp³-hybridized carbons (Fsp3) is 0.333. The molecule has 0 atom stereocenters. The molecule has 5 nitrogen and oxygen atoms in total. The van der Waals surface area contributed by atoms with Crippen LogP contribution in [0, 0.1) is 6.92 Å². The van der Waals surface area contributed by atoms with Crippen LogP contribution in [-0.2, 0) is 17.8 Å². The molecular weight excluding hydrogens is 411 g/mol. The average Bonchev–Trinajstić information content (AvgIpc) is 2.87. The number of thiazole rings is 1. The van der Waals surface area contributed by atoms with Gasteiger partial charge in [0, 0.05) is 36.7 Å². The van der Waals surface area contributed by atoms with E-state index in [-0.39, 0.29) is 24.0 Å². The SMILES string of the molecule is COCc1ccccc1NC(N)=NCCc1csc(C)n1.I. The number of benzene rings is 1. The standard InChI is InChI=1S/C15H20N4OS.HI/c1-11-18-13(10-21-11)7-8-17-15(16)19-14-6-4-3-5-12(14)9-20-2;/h3-6,10H,7-9H2,1-2H3,(H3,16,17,19);1H. The molecule has 2 rings (SSSR count). The highest BCUT2D eigenvalue weighted by molar-refractivity contribution is 14.0. The van der Waals surface area contributed by atoms with Gasteiger partial charge in [0.1, 0.15) is 0 Å². The summed E-state index contributed by atoms with van der Waals surface area (Å²) in [5.74, 6) is 0.408. The summed E-state index contributed by atoms with van der Waals surface area (Å²) in [5.41, 5.74) is 8.95. The number of nitrogens with zero attached hydrogens (tertiary/aromatic N) is 2. The first-order valence-electron chi connectivity index (χ1n) is 6.74. The molecule has 0 amide bonds. The maximum atomic E-state index is 5.92. The van der Waals surface area contributed by atoms with Crippen molar-refractivity contribution in [2.24, 2.45) is 10.7 Å². The normalized spacial score (nSPS) is 11.1. The van der Waals surface area contributed by atoms with E-state index in [1.807, 2.05) is 31.2 Å². The number of aromatic nitrogens is 1. The second-order valence-corrected chi connectivity index (χ2v) is 5.65. The highest BCUT2D eigenvalue weighted by atomic mass is 127. The third-order valence-corrected chi connectivity index (χ3v) is 3.72. The van der Waals surface area contributed by atoms with Gasteiger partial charge in [0.2, 0.25) is 0 Å². The average molecular weight is 432 g/mol. The van der Waals surface area contributed by atoms with Gasteiger partial charge in [0.05, 0.1) is 17.3 Å². The summed E-state index contributed by atoms with van der Waals surface area (Å²) in [4.78, 5) is 8.73. The maximum absolute atomic E-state index is 5.92. The topological polar surface area (TPSA) is 72.5 Å². The Hall–Kier alpha value is -1.19. The molecule has 0 aliphatic heterocycles. The highest BCUT2D eigenvalue weighted by Crippen LogP contribution is 2.15. The van der Waals surface area contributed by atoms with Crippen LogP contribution in [0.15, 0.2) is 34.6 Å². The van der Waals surface area contributed by atoms with Gasteiger partial charge in [0.25, 0.3) is 0 Å². The number of hydrogen-bond acceptors (Lipinski definition) is 4. The van der Waals surface area contributed by atoms with Crippen LogP contribution in [0.5, 0.6) is 0 Å². The van der Waals surface area contributed by atoms with Crippen LogP contribution in [0.1, 0.15) is 16.3 Å². The van der Waals surface area contributed by atoms with Gasteiger partial charge < -0.3 is 15.8 Å². The number of halogens is 1. The smallest absolute Gasteiger partial charge is 0.193 e. The zero-order chi connectivity index (χ0) is 15.1. The molecule has 1 aromatic heterocycles. The molecule has 3 N–H and O–H groups in total. The number of para-hydroxylation sites is 1. The second-order valence-electron chi connectivity index (χ2n) is 4.59. The summed E-state index contributed by atoms with van der Waals surface area (Å²) in [6, 6.07) is 7.88. The lowest BCUT2D eigenvalue weighted by molar-refractivity contribution is 0.185. The molecule has 2 aromatic rings. The van der Waals surface area contributed by atoms with Gasteiger partial charge in [-0.25, -0.2) is 4.98 Å². The Morgan fingerprint density at radius 2 is 2.18 bits per heavy atom. The zero-order valence-electron chi connectivity index (χ0n) is 12.7. The van der Waals surface area contributed by atoms with E-state index in [9.17, 15) is 0 Å². The van der Waals surface area contributed by atoms with Crippen LogP contribution < -0.4 is 11.1 Å². The summed E-state index contributed by atoms with van der Waals surface area (Å²) in [5, 5.41) is 6.25.